The molecule has 3 aromatic carbocycles. The van der Waals surface area contributed by atoms with E-state index in [1.54, 1.807) is 24.3 Å². The number of anilines is 2. The van der Waals surface area contributed by atoms with Gasteiger partial charge in [-0.1, -0.05) is 60.7 Å². The average Bonchev–Trinajstić information content (AvgIpc) is 2.69. The fourth-order valence-corrected chi connectivity index (χ4v) is 2.99. The minimum Gasteiger partial charge on any atom is -0.755 e. The van der Waals surface area contributed by atoms with E-state index in [9.17, 15) is 13.6 Å². The van der Waals surface area contributed by atoms with Gasteiger partial charge in [0.25, 0.3) is 0 Å². The molecule has 6 nitrogen and oxygen atoms in total. The first-order chi connectivity index (χ1) is 13.1. The van der Waals surface area contributed by atoms with E-state index in [0.29, 0.717) is 11.4 Å². The van der Waals surface area contributed by atoms with E-state index >= 15 is 0 Å². The summed E-state index contributed by atoms with van der Waals surface area (Å²) in [4.78, 5) is 12.5. The van der Waals surface area contributed by atoms with E-state index in [1.165, 1.54) is 0 Å². The van der Waals surface area contributed by atoms with Crippen molar-refractivity contribution in [3.05, 3.63) is 96.1 Å². The van der Waals surface area contributed by atoms with Crippen LogP contribution < -0.4 is 15.4 Å². The first kappa shape index (κ1) is 18.6. The topological polar surface area (TPSA) is 93.3 Å². The SMILES string of the molecule is O=C(Nc1ccc(NS(=O)[O-])cc1)NC(c1ccccc1)c1ccccc1. The largest absolute Gasteiger partial charge is 0.755 e. The minimum atomic E-state index is -2.38. The van der Waals surface area contributed by atoms with Crippen LogP contribution in [0, 0.1) is 0 Å². The van der Waals surface area contributed by atoms with Crippen molar-refractivity contribution in [3.63, 3.8) is 0 Å². The van der Waals surface area contributed by atoms with E-state index < -0.39 is 11.3 Å². The zero-order valence-electron chi connectivity index (χ0n) is 14.3. The zero-order valence-corrected chi connectivity index (χ0v) is 15.1. The number of carbonyl (C=O) groups is 1. The van der Waals surface area contributed by atoms with Crippen LogP contribution in [0.1, 0.15) is 17.2 Å². The van der Waals surface area contributed by atoms with E-state index in [1.807, 2.05) is 60.7 Å². The van der Waals surface area contributed by atoms with Gasteiger partial charge in [0, 0.05) is 22.6 Å². The smallest absolute Gasteiger partial charge is 0.319 e. The Bertz CT molecular complexity index is 863. The summed E-state index contributed by atoms with van der Waals surface area (Å²) in [7, 11) is 0. The van der Waals surface area contributed by atoms with Gasteiger partial charge in [-0.3, -0.25) is 4.21 Å². The Balaban J connectivity index is 1.72. The van der Waals surface area contributed by atoms with E-state index in [-0.39, 0.29) is 12.1 Å². The van der Waals surface area contributed by atoms with E-state index in [0.717, 1.165) is 11.1 Å². The lowest BCUT2D eigenvalue weighted by atomic mass is 9.99. The standard InChI is InChI=1S/C20H19N3O3S/c24-20(21-17-11-13-18(14-12-17)23-27(25)26)22-19(15-7-3-1-4-8-15)16-9-5-2-6-10-16/h1-14,19,23H,(H,25,26)(H2,21,22,24)/p-1. The maximum absolute atomic E-state index is 12.5. The first-order valence-electron chi connectivity index (χ1n) is 8.25. The average molecular weight is 380 g/mol. The molecule has 0 spiro atoms. The molecule has 3 rings (SSSR count). The van der Waals surface area contributed by atoms with Crippen molar-refractivity contribution < 1.29 is 13.6 Å². The van der Waals surface area contributed by atoms with Crippen LogP contribution in [0.25, 0.3) is 0 Å². The van der Waals surface area contributed by atoms with Crippen molar-refractivity contribution in [3.8, 4) is 0 Å². The third-order valence-electron chi connectivity index (χ3n) is 3.89. The van der Waals surface area contributed by atoms with Crippen molar-refractivity contribution in [2.24, 2.45) is 0 Å². The Labute approximate surface area is 160 Å². The first-order valence-corrected chi connectivity index (χ1v) is 9.33. The summed E-state index contributed by atoms with van der Waals surface area (Å²) in [5, 5.41) is 5.74. The van der Waals surface area contributed by atoms with Crippen LogP contribution in [-0.2, 0) is 11.3 Å². The van der Waals surface area contributed by atoms with Crippen LogP contribution in [0.5, 0.6) is 0 Å². The molecule has 0 aliphatic heterocycles. The van der Waals surface area contributed by atoms with Crippen LogP contribution in [0.4, 0.5) is 16.2 Å². The predicted molar refractivity (Wildman–Crippen MR) is 106 cm³/mol. The third-order valence-corrected chi connectivity index (χ3v) is 4.29. The molecule has 0 radical (unpaired) electrons. The zero-order chi connectivity index (χ0) is 19.1. The molecule has 0 aliphatic carbocycles. The second-order valence-electron chi connectivity index (χ2n) is 5.77. The summed E-state index contributed by atoms with van der Waals surface area (Å²) < 4.78 is 23.5. The molecule has 3 N–H and O–H groups in total. The molecule has 138 valence electrons. The lowest BCUT2D eigenvalue weighted by Gasteiger charge is -2.20. The van der Waals surface area contributed by atoms with Crippen LogP contribution in [0.3, 0.4) is 0 Å². The molecule has 0 aliphatic rings. The molecule has 0 bridgehead atoms. The molecule has 0 aromatic heterocycles. The molecule has 1 unspecified atom stereocenters. The monoisotopic (exact) mass is 380 g/mol. The number of nitrogens with one attached hydrogen (secondary N) is 3. The fourth-order valence-electron chi connectivity index (χ4n) is 2.67. The van der Waals surface area contributed by atoms with Crippen LogP contribution in [0.15, 0.2) is 84.9 Å². The van der Waals surface area contributed by atoms with Gasteiger partial charge >= 0.3 is 6.03 Å². The Hall–Kier alpha value is -3.16. The summed E-state index contributed by atoms with van der Waals surface area (Å²) >= 11 is -2.38. The van der Waals surface area contributed by atoms with Gasteiger partial charge in [-0.05, 0) is 35.4 Å². The van der Waals surface area contributed by atoms with E-state index in [2.05, 4.69) is 15.4 Å². The van der Waals surface area contributed by atoms with Gasteiger partial charge in [-0.25, -0.2) is 4.79 Å². The molecular formula is C20H18N3O3S-. The number of hydrogen-bond acceptors (Lipinski definition) is 3. The van der Waals surface area contributed by atoms with Crippen molar-refractivity contribution in [2.45, 2.75) is 6.04 Å². The summed E-state index contributed by atoms with van der Waals surface area (Å²) in [6.07, 6.45) is 0. The molecule has 0 saturated heterocycles. The Morgan fingerprint density at radius 1 is 0.778 bits per heavy atom. The number of benzene rings is 3. The summed E-state index contributed by atoms with van der Waals surface area (Å²) in [5.74, 6) is 0. The number of amides is 2. The third kappa shape index (κ3) is 5.40. The van der Waals surface area contributed by atoms with Gasteiger partial charge in [0.1, 0.15) is 0 Å². The van der Waals surface area contributed by atoms with Gasteiger partial charge in [-0.2, -0.15) is 0 Å². The number of rotatable bonds is 6. The molecule has 27 heavy (non-hydrogen) atoms. The Morgan fingerprint density at radius 2 is 1.26 bits per heavy atom. The van der Waals surface area contributed by atoms with Gasteiger partial charge in [0.05, 0.1) is 6.04 Å². The predicted octanol–water partition coefficient (Wildman–Crippen LogP) is 3.80. The summed E-state index contributed by atoms with van der Waals surface area (Å²) in [6.45, 7) is 0. The van der Waals surface area contributed by atoms with Crippen LogP contribution in [-0.4, -0.2) is 14.8 Å². The molecule has 0 fully saturated rings. The molecule has 0 saturated carbocycles. The van der Waals surface area contributed by atoms with Crippen molar-refractivity contribution in [2.75, 3.05) is 10.0 Å². The quantitative estimate of drug-likeness (QED) is 0.568. The van der Waals surface area contributed by atoms with E-state index in [4.69, 9.17) is 0 Å². The van der Waals surface area contributed by atoms with Crippen LogP contribution in [0.2, 0.25) is 0 Å². The van der Waals surface area contributed by atoms with Crippen LogP contribution >= 0.6 is 0 Å². The number of hydrogen-bond donors (Lipinski definition) is 3. The molecule has 7 heteroatoms. The highest BCUT2D eigenvalue weighted by Crippen LogP contribution is 2.22. The molecule has 2 amide bonds. The minimum absolute atomic E-state index is 0.295. The highest BCUT2D eigenvalue weighted by atomic mass is 32.2. The summed E-state index contributed by atoms with van der Waals surface area (Å²) in [5.41, 5.74) is 2.91. The second kappa shape index (κ2) is 8.98. The Morgan fingerprint density at radius 3 is 1.74 bits per heavy atom. The Kier molecular flexibility index (Phi) is 6.19. The summed E-state index contributed by atoms with van der Waals surface area (Å²) in [6, 6.07) is 25.1. The van der Waals surface area contributed by atoms with Gasteiger partial charge < -0.3 is 19.9 Å². The van der Waals surface area contributed by atoms with Crippen molar-refractivity contribution >= 4 is 28.7 Å². The van der Waals surface area contributed by atoms with Gasteiger partial charge in [0.2, 0.25) is 0 Å². The molecular weight excluding hydrogens is 362 g/mol. The lowest BCUT2D eigenvalue weighted by Crippen LogP contribution is -2.33. The van der Waals surface area contributed by atoms with Crippen molar-refractivity contribution in [1.82, 2.24) is 5.32 Å². The second-order valence-corrected chi connectivity index (χ2v) is 6.44. The number of carbonyl (C=O) groups excluding carboxylic acids is 1. The fraction of sp³-hybridized carbons (Fsp3) is 0.0500. The van der Waals surface area contributed by atoms with Crippen molar-refractivity contribution in [1.29, 1.82) is 0 Å². The van der Waals surface area contributed by atoms with Gasteiger partial charge in [-0.15, -0.1) is 0 Å². The lowest BCUT2D eigenvalue weighted by molar-refractivity contribution is 0.250. The molecule has 1 atom stereocenters. The number of urea groups is 1. The highest BCUT2D eigenvalue weighted by Gasteiger charge is 2.16. The highest BCUT2D eigenvalue weighted by molar-refractivity contribution is 7.80. The molecule has 0 heterocycles. The van der Waals surface area contributed by atoms with Gasteiger partial charge in [0.15, 0.2) is 0 Å². The maximum atomic E-state index is 12.5. The maximum Gasteiger partial charge on any atom is 0.319 e. The molecule has 3 aromatic rings. The normalized spacial score (nSPS) is 11.6.